The smallest absolute Gasteiger partial charge is 0.411 e. The van der Waals surface area contributed by atoms with Crippen LogP contribution >= 0.6 is 11.6 Å². The molecular formula is C27H24ClN9O6. The minimum absolute atomic E-state index is 0.0337. The van der Waals surface area contributed by atoms with Gasteiger partial charge in [0, 0.05) is 22.3 Å². The van der Waals surface area contributed by atoms with Gasteiger partial charge in [0.15, 0.2) is 0 Å². The van der Waals surface area contributed by atoms with Crippen LogP contribution in [0, 0.1) is 0 Å². The Balaban J connectivity index is 1.41. The summed E-state index contributed by atoms with van der Waals surface area (Å²) in [5.41, 5.74) is 2.25. The van der Waals surface area contributed by atoms with Crippen LogP contribution in [0.3, 0.4) is 0 Å². The van der Waals surface area contributed by atoms with Crippen LogP contribution in [0.4, 0.5) is 15.3 Å². The van der Waals surface area contributed by atoms with Gasteiger partial charge in [0.1, 0.15) is 12.9 Å². The van der Waals surface area contributed by atoms with Gasteiger partial charge in [-0.25, -0.2) is 14.7 Å². The molecule has 3 N–H and O–H groups in total. The number of anilines is 1. The highest BCUT2D eigenvalue weighted by atomic mass is 35.5. The second kappa shape index (κ2) is 12.9. The number of rotatable bonds is 9. The number of hydrogen-bond donors (Lipinski definition) is 3. The number of aromatic nitrogens is 6. The average Bonchev–Trinajstić information content (AvgIpc) is 3.69. The molecule has 5 rings (SSSR count). The van der Waals surface area contributed by atoms with Crippen molar-refractivity contribution in [3.8, 4) is 16.8 Å². The van der Waals surface area contributed by atoms with Crippen molar-refractivity contribution < 1.29 is 23.9 Å². The van der Waals surface area contributed by atoms with Crippen molar-refractivity contribution in [2.24, 2.45) is 0 Å². The molecule has 15 nitrogen and oxygen atoms in total. The van der Waals surface area contributed by atoms with Crippen LogP contribution < -0.4 is 16.2 Å². The molecule has 3 amide bonds. The standard InChI is InChI=1S/C27H24ClN9O6/c1-42-26(40)30-19-6-2-16(3-7-19)20-13-21(32-33-25(20)39)22(14-36-10-11-43-27(36)41)31-24(38)9-4-17-12-18(28)5-8-23(17)37-15-29-34-35-37/h2-9,12-13,15,22H,10-11,14H2,1H3,(H,30,40)(H,31,38)(H,33,39)/t22-/m0/s1. The van der Waals surface area contributed by atoms with E-state index in [9.17, 15) is 19.2 Å². The van der Waals surface area contributed by atoms with Crippen molar-refractivity contribution in [1.29, 1.82) is 0 Å². The molecule has 4 aromatic rings. The summed E-state index contributed by atoms with van der Waals surface area (Å²) < 4.78 is 11.1. The quantitative estimate of drug-likeness (QED) is 0.239. The summed E-state index contributed by atoms with van der Waals surface area (Å²) in [4.78, 5) is 51.0. The molecule has 43 heavy (non-hydrogen) atoms. The zero-order chi connectivity index (χ0) is 30.3. The summed E-state index contributed by atoms with van der Waals surface area (Å²) in [6.45, 7) is 0.569. The van der Waals surface area contributed by atoms with Crippen molar-refractivity contribution >= 4 is 41.5 Å². The highest BCUT2D eigenvalue weighted by Crippen LogP contribution is 2.23. The zero-order valence-corrected chi connectivity index (χ0v) is 23.3. The maximum atomic E-state index is 13.2. The van der Waals surface area contributed by atoms with E-state index in [-0.39, 0.29) is 18.7 Å². The molecule has 0 unspecified atom stereocenters. The predicted molar refractivity (Wildman–Crippen MR) is 153 cm³/mol. The lowest BCUT2D eigenvalue weighted by molar-refractivity contribution is -0.117. The van der Waals surface area contributed by atoms with Crippen LogP contribution in [0.1, 0.15) is 17.3 Å². The summed E-state index contributed by atoms with van der Waals surface area (Å²) >= 11 is 6.18. The second-order valence-electron chi connectivity index (χ2n) is 9.14. The number of hydrogen-bond acceptors (Lipinski definition) is 10. The predicted octanol–water partition coefficient (Wildman–Crippen LogP) is 2.57. The Kier molecular flexibility index (Phi) is 8.71. The van der Waals surface area contributed by atoms with Gasteiger partial charge < -0.3 is 19.7 Å². The number of methoxy groups -OCH3 is 1. The number of halogens is 1. The number of benzene rings is 2. The number of H-pyrrole nitrogens is 1. The fraction of sp³-hybridized carbons (Fsp3) is 0.185. The number of nitrogens with zero attached hydrogens (tertiary/aromatic N) is 6. The Morgan fingerprint density at radius 3 is 2.70 bits per heavy atom. The topological polar surface area (TPSA) is 186 Å². The van der Waals surface area contributed by atoms with E-state index in [1.165, 1.54) is 35.2 Å². The fourth-order valence-corrected chi connectivity index (χ4v) is 4.45. The van der Waals surface area contributed by atoms with Gasteiger partial charge in [-0.2, -0.15) is 9.78 Å². The van der Waals surface area contributed by atoms with E-state index >= 15 is 0 Å². The molecule has 0 saturated carbocycles. The lowest BCUT2D eigenvalue weighted by atomic mass is 10.0. The summed E-state index contributed by atoms with van der Waals surface area (Å²) in [6.07, 6.45) is 3.10. The number of tetrazole rings is 1. The van der Waals surface area contributed by atoms with Crippen molar-refractivity contribution in [1.82, 2.24) is 40.6 Å². The first-order valence-corrected chi connectivity index (χ1v) is 13.2. The third-order valence-corrected chi connectivity index (χ3v) is 6.61. The van der Waals surface area contributed by atoms with Gasteiger partial charge in [0.25, 0.3) is 5.56 Å². The molecule has 1 aliphatic heterocycles. The molecule has 2 aromatic carbocycles. The van der Waals surface area contributed by atoms with E-state index in [2.05, 4.69) is 41.1 Å². The number of ether oxygens (including phenoxy) is 2. The molecule has 1 atom stereocenters. The molecule has 1 saturated heterocycles. The summed E-state index contributed by atoms with van der Waals surface area (Å²) in [7, 11) is 1.25. The van der Waals surface area contributed by atoms with E-state index in [4.69, 9.17) is 16.3 Å². The van der Waals surface area contributed by atoms with E-state index < -0.39 is 29.7 Å². The molecule has 0 aliphatic carbocycles. The number of nitrogens with one attached hydrogen (secondary N) is 3. The minimum Gasteiger partial charge on any atom is -0.453 e. The van der Waals surface area contributed by atoms with Crippen LogP contribution in [-0.4, -0.2) is 80.2 Å². The summed E-state index contributed by atoms with van der Waals surface area (Å²) in [5.74, 6) is -0.506. The maximum Gasteiger partial charge on any atom is 0.411 e. The molecule has 16 heteroatoms. The molecule has 1 fully saturated rings. The van der Waals surface area contributed by atoms with Gasteiger partial charge in [-0.15, -0.1) is 5.10 Å². The molecule has 1 aliphatic rings. The number of cyclic esters (lactones) is 1. The lowest BCUT2D eigenvalue weighted by Crippen LogP contribution is -2.38. The highest BCUT2D eigenvalue weighted by Gasteiger charge is 2.28. The van der Waals surface area contributed by atoms with Gasteiger partial charge in [-0.05, 0) is 58.5 Å². The third-order valence-electron chi connectivity index (χ3n) is 6.37. The molecule has 220 valence electrons. The number of amides is 3. The van der Waals surface area contributed by atoms with Gasteiger partial charge in [0.2, 0.25) is 5.91 Å². The van der Waals surface area contributed by atoms with Gasteiger partial charge in [-0.1, -0.05) is 23.7 Å². The molecular weight excluding hydrogens is 582 g/mol. The van der Waals surface area contributed by atoms with E-state index in [0.717, 1.165) is 0 Å². The van der Waals surface area contributed by atoms with E-state index in [0.29, 0.717) is 39.8 Å². The Morgan fingerprint density at radius 1 is 1.19 bits per heavy atom. The Hall–Kier alpha value is -5.57. The first-order valence-electron chi connectivity index (χ1n) is 12.8. The van der Waals surface area contributed by atoms with Crippen LogP contribution in [-0.2, 0) is 14.3 Å². The fourth-order valence-electron chi connectivity index (χ4n) is 4.27. The van der Waals surface area contributed by atoms with Crippen LogP contribution in [0.25, 0.3) is 22.9 Å². The monoisotopic (exact) mass is 605 g/mol. The van der Waals surface area contributed by atoms with Gasteiger partial charge in [0.05, 0.1) is 43.2 Å². The molecule has 0 radical (unpaired) electrons. The first kappa shape index (κ1) is 28.9. The maximum absolute atomic E-state index is 13.2. The van der Waals surface area contributed by atoms with Crippen molar-refractivity contribution in [3.63, 3.8) is 0 Å². The van der Waals surface area contributed by atoms with Gasteiger partial charge >= 0.3 is 12.2 Å². The van der Waals surface area contributed by atoms with Crippen LogP contribution in [0.2, 0.25) is 5.02 Å². The zero-order valence-electron chi connectivity index (χ0n) is 22.6. The SMILES string of the molecule is COC(=O)Nc1ccc(-c2cc([C@H](CN3CCOC3=O)NC(=O)C=Cc3cc(Cl)ccc3-n3cnnn3)n[nH]c2=O)cc1. The molecule has 0 bridgehead atoms. The summed E-state index contributed by atoms with van der Waals surface area (Å²) in [6, 6.07) is 12.2. The van der Waals surface area contributed by atoms with Crippen molar-refractivity contribution in [3.05, 3.63) is 87.6 Å². The van der Waals surface area contributed by atoms with E-state index in [1.807, 2.05) is 0 Å². The normalized spacial score (nSPS) is 13.5. The average molecular weight is 606 g/mol. The van der Waals surface area contributed by atoms with Gasteiger partial charge in [-0.3, -0.25) is 14.9 Å². The first-order chi connectivity index (χ1) is 20.8. The number of carbonyl (C=O) groups is 3. The van der Waals surface area contributed by atoms with Crippen molar-refractivity contribution in [2.45, 2.75) is 6.04 Å². The van der Waals surface area contributed by atoms with Crippen molar-refractivity contribution in [2.75, 3.05) is 32.1 Å². The Labute approximate surface area is 248 Å². The van der Waals surface area contributed by atoms with E-state index in [1.54, 1.807) is 48.5 Å². The van der Waals surface area contributed by atoms with Crippen LogP contribution in [0.5, 0.6) is 0 Å². The van der Waals surface area contributed by atoms with Crippen LogP contribution in [0.15, 0.2) is 65.7 Å². The summed E-state index contributed by atoms with van der Waals surface area (Å²) in [5, 5.41) is 23.6. The second-order valence-corrected chi connectivity index (χ2v) is 9.58. The lowest BCUT2D eigenvalue weighted by Gasteiger charge is -2.22. The minimum atomic E-state index is -0.822. The Morgan fingerprint density at radius 2 is 2.00 bits per heavy atom. The molecule has 0 spiro atoms. The highest BCUT2D eigenvalue weighted by molar-refractivity contribution is 6.30. The third kappa shape index (κ3) is 7.02. The molecule has 3 heterocycles. The number of carbonyl (C=O) groups excluding carboxylic acids is 3. The molecule has 2 aromatic heterocycles. The Bertz CT molecular complexity index is 1720. The largest absolute Gasteiger partial charge is 0.453 e. The number of aromatic amines is 1.